The number of hydrogen-bond donors (Lipinski definition) is 1. The summed E-state index contributed by atoms with van der Waals surface area (Å²) in [6.45, 7) is 7.63. The van der Waals surface area contributed by atoms with Crippen molar-refractivity contribution in [2.45, 2.75) is 50.7 Å². The molecule has 1 aliphatic heterocycles. The molecule has 0 aliphatic carbocycles. The SMILES string of the molecule is CC(C)CN(C[C@@H](C)[C@H](Cc1ccccc1)NC(=O)O[C@H]1CCOC1)S(=O)(=O)c1ccccc1. The van der Waals surface area contributed by atoms with E-state index in [9.17, 15) is 13.2 Å². The van der Waals surface area contributed by atoms with Crippen molar-refractivity contribution in [3.63, 3.8) is 0 Å². The van der Waals surface area contributed by atoms with Gasteiger partial charge in [0.25, 0.3) is 0 Å². The number of amides is 1. The summed E-state index contributed by atoms with van der Waals surface area (Å²) in [7, 11) is -3.67. The third-order valence-electron chi connectivity index (χ3n) is 5.89. The van der Waals surface area contributed by atoms with Crippen LogP contribution in [0.5, 0.6) is 0 Å². The first-order valence-electron chi connectivity index (χ1n) is 11.9. The van der Waals surface area contributed by atoms with Crippen LogP contribution in [0.15, 0.2) is 65.6 Å². The van der Waals surface area contributed by atoms with E-state index in [-0.39, 0.29) is 35.4 Å². The lowest BCUT2D eigenvalue weighted by Crippen LogP contribution is -2.47. The summed E-state index contributed by atoms with van der Waals surface area (Å²) in [6.07, 6.45) is 0.511. The van der Waals surface area contributed by atoms with Gasteiger partial charge in [-0.1, -0.05) is 69.3 Å². The Morgan fingerprint density at radius 2 is 1.71 bits per heavy atom. The lowest BCUT2D eigenvalue weighted by atomic mass is 9.94. The second-order valence-electron chi connectivity index (χ2n) is 9.34. The Bertz CT molecular complexity index is 992. The predicted molar refractivity (Wildman–Crippen MR) is 132 cm³/mol. The zero-order chi connectivity index (χ0) is 24.6. The van der Waals surface area contributed by atoms with E-state index < -0.39 is 16.1 Å². The maximum Gasteiger partial charge on any atom is 0.407 e. The Kier molecular flexibility index (Phi) is 9.50. The Morgan fingerprint density at radius 3 is 2.29 bits per heavy atom. The molecule has 0 unspecified atom stereocenters. The van der Waals surface area contributed by atoms with Gasteiger partial charge in [-0.05, 0) is 36.0 Å². The highest BCUT2D eigenvalue weighted by Gasteiger charge is 2.31. The van der Waals surface area contributed by atoms with E-state index in [1.54, 1.807) is 30.3 Å². The number of alkyl carbamates (subject to hydrolysis) is 1. The van der Waals surface area contributed by atoms with Crippen LogP contribution in [-0.2, 0) is 25.9 Å². The quantitative estimate of drug-likeness (QED) is 0.515. The van der Waals surface area contributed by atoms with Gasteiger partial charge in [0.05, 0.1) is 18.1 Å². The molecule has 7 nitrogen and oxygen atoms in total. The minimum absolute atomic E-state index is 0.151. The molecule has 0 spiro atoms. The molecule has 186 valence electrons. The Hall–Kier alpha value is -2.42. The number of rotatable bonds is 11. The highest BCUT2D eigenvalue weighted by molar-refractivity contribution is 7.89. The normalized spacial score (nSPS) is 18.1. The average molecular weight is 489 g/mol. The molecule has 3 rings (SSSR count). The third-order valence-corrected chi connectivity index (χ3v) is 7.74. The topological polar surface area (TPSA) is 84.9 Å². The fourth-order valence-corrected chi connectivity index (χ4v) is 5.80. The van der Waals surface area contributed by atoms with Crippen molar-refractivity contribution in [1.29, 1.82) is 0 Å². The fraction of sp³-hybridized carbons (Fsp3) is 0.500. The van der Waals surface area contributed by atoms with Crippen LogP contribution in [-0.4, -0.2) is 57.3 Å². The highest BCUT2D eigenvalue weighted by Crippen LogP contribution is 2.21. The maximum atomic E-state index is 13.4. The number of carbonyl (C=O) groups is 1. The van der Waals surface area contributed by atoms with Crippen molar-refractivity contribution < 1.29 is 22.7 Å². The summed E-state index contributed by atoms with van der Waals surface area (Å²) in [5, 5.41) is 3.00. The van der Waals surface area contributed by atoms with Crippen LogP contribution in [0.1, 0.15) is 32.8 Å². The Balaban J connectivity index is 1.78. The summed E-state index contributed by atoms with van der Waals surface area (Å²) >= 11 is 0. The van der Waals surface area contributed by atoms with Crippen molar-refractivity contribution in [2.24, 2.45) is 11.8 Å². The molecule has 1 saturated heterocycles. The van der Waals surface area contributed by atoms with E-state index in [1.165, 1.54) is 4.31 Å². The molecule has 1 fully saturated rings. The molecule has 2 aromatic carbocycles. The Labute approximate surface area is 203 Å². The smallest absolute Gasteiger partial charge is 0.407 e. The molecule has 34 heavy (non-hydrogen) atoms. The van der Waals surface area contributed by atoms with Gasteiger partial charge in [0.1, 0.15) is 6.10 Å². The van der Waals surface area contributed by atoms with E-state index in [4.69, 9.17) is 9.47 Å². The average Bonchev–Trinajstić information content (AvgIpc) is 3.32. The summed E-state index contributed by atoms with van der Waals surface area (Å²) < 4.78 is 39.2. The van der Waals surface area contributed by atoms with Crippen LogP contribution in [0.3, 0.4) is 0 Å². The first kappa shape index (κ1) is 26.2. The molecule has 0 saturated carbocycles. The first-order chi connectivity index (χ1) is 16.3. The molecule has 3 atom stereocenters. The van der Waals surface area contributed by atoms with Crippen molar-refractivity contribution in [3.05, 3.63) is 66.2 Å². The van der Waals surface area contributed by atoms with Gasteiger partial charge in [0, 0.05) is 25.6 Å². The third kappa shape index (κ3) is 7.55. The zero-order valence-electron chi connectivity index (χ0n) is 20.2. The van der Waals surface area contributed by atoms with Gasteiger partial charge in [0.15, 0.2) is 0 Å². The van der Waals surface area contributed by atoms with Crippen LogP contribution < -0.4 is 5.32 Å². The lowest BCUT2D eigenvalue weighted by Gasteiger charge is -2.31. The van der Waals surface area contributed by atoms with Crippen molar-refractivity contribution in [3.8, 4) is 0 Å². The second-order valence-corrected chi connectivity index (χ2v) is 11.3. The molecule has 1 amide bonds. The van der Waals surface area contributed by atoms with E-state index >= 15 is 0 Å². The molecule has 0 radical (unpaired) electrons. The van der Waals surface area contributed by atoms with E-state index in [0.717, 1.165) is 5.56 Å². The number of carbonyl (C=O) groups excluding carboxylic acids is 1. The van der Waals surface area contributed by atoms with Gasteiger partial charge in [-0.15, -0.1) is 0 Å². The first-order valence-corrected chi connectivity index (χ1v) is 13.3. The van der Waals surface area contributed by atoms with E-state index in [0.29, 0.717) is 32.6 Å². The summed E-state index contributed by atoms with van der Waals surface area (Å²) in [5.74, 6) is -0.0108. The maximum absolute atomic E-state index is 13.4. The number of nitrogens with one attached hydrogen (secondary N) is 1. The lowest BCUT2D eigenvalue weighted by molar-refractivity contribution is 0.0785. The van der Waals surface area contributed by atoms with Gasteiger partial charge < -0.3 is 14.8 Å². The molecular formula is C26H36N2O5S. The Morgan fingerprint density at radius 1 is 1.06 bits per heavy atom. The number of nitrogens with zero attached hydrogens (tertiary/aromatic N) is 1. The second kappa shape index (κ2) is 12.3. The minimum atomic E-state index is -3.67. The van der Waals surface area contributed by atoms with Crippen molar-refractivity contribution in [1.82, 2.24) is 9.62 Å². The minimum Gasteiger partial charge on any atom is -0.444 e. The molecule has 8 heteroatoms. The van der Waals surface area contributed by atoms with Crippen LogP contribution in [0.4, 0.5) is 4.79 Å². The monoisotopic (exact) mass is 488 g/mol. The summed E-state index contributed by atoms with van der Waals surface area (Å²) in [5.41, 5.74) is 1.06. The molecule has 1 N–H and O–H groups in total. The van der Waals surface area contributed by atoms with Crippen molar-refractivity contribution >= 4 is 16.1 Å². The van der Waals surface area contributed by atoms with Crippen LogP contribution >= 0.6 is 0 Å². The largest absolute Gasteiger partial charge is 0.444 e. The van der Waals surface area contributed by atoms with Crippen LogP contribution in [0, 0.1) is 11.8 Å². The van der Waals surface area contributed by atoms with Gasteiger partial charge in [0.2, 0.25) is 10.0 Å². The van der Waals surface area contributed by atoms with Gasteiger partial charge >= 0.3 is 6.09 Å². The number of hydrogen-bond acceptors (Lipinski definition) is 5. The predicted octanol–water partition coefficient (Wildman–Crippen LogP) is 4.10. The van der Waals surface area contributed by atoms with Crippen LogP contribution in [0.25, 0.3) is 0 Å². The molecule has 1 aliphatic rings. The number of benzene rings is 2. The molecule has 1 heterocycles. The standard InChI is InChI=1S/C26H36N2O5S/c1-20(2)17-28(34(30,31)24-12-8-5-9-13-24)18-21(3)25(16-22-10-6-4-7-11-22)27-26(29)33-23-14-15-32-19-23/h4-13,20-21,23,25H,14-19H2,1-3H3,(H,27,29)/t21-,23+,25+/m1/s1. The number of ether oxygens (including phenoxy) is 2. The zero-order valence-corrected chi connectivity index (χ0v) is 21.0. The highest BCUT2D eigenvalue weighted by atomic mass is 32.2. The van der Waals surface area contributed by atoms with Crippen LogP contribution in [0.2, 0.25) is 0 Å². The molecule has 2 aromatic rings. The molecule has 0 aromatic heterocycles. The summed E-state index contributed by atoms with van der Waals surface area (Å²) in [6, 6.07) is 18.1. The van der Waals surface area contributed by atoms with Crippen molar-refractivity contribution in [2.75, 3.05) is 26.3 Å². The van der Waals surface area contributed by atoms with E-state index in [1.807, 2.05) is 51.1 Å². The fourth-order valence-electron chi connectivity index (χ4n) is 4.07. The molecular weight excluding hydrogens is 452 g/mol. The van der Waals surface area contributed by atoms with Gasteiger partial charge in [-0.25, -0.2) is 13.2 Å². The number of sulfonamides is 1. The van der Waals surface area contributed by atoms with E-state index in [2.05, 4.69) is 5.32 Å². The van der Waals surface area contributed by atoms with Gasteiger partial charge in [-0.3, -0.25) is 0 Å². The summed E-state index contributed by atoms with van der Waals surface area (Å²) in [4.78, 5) is 12.9. The van der Waals surface area contributed by atoms with Gasteiger partial charge in [-0.2, -0.15) is 4.31 Å². The molecule has 0 bridgehead atoms.